The first kappa shape index (κ1) is 14.3. The minimum atomic E-state index is 0.266. The minimum absolute atomic E-state index is 0.266. The first-order valence-electron chi connectivity index (χ1n) is 6.37. The summed E-state index contributed by atoms with van der Waals surface area (Å²) in [4.78, 5) is 2.26. The van der Waals surface area contributed by atoms with E-state index < -0.39 is 0 Å². The van der Waals surface area contributed by atoms with Crippen LogP contribution in [0.2, 0.25) is 0 Å². The average molecular weight is 239 g/mol. The topological polar surface area (TPSA) is 36.6 Å². The summed E-state index contributed by atoms with van der Waals surface area (Å²) < 4.78 is 5.54. The molecule has 0 aromatic carbocycles. The van der Waals surface area contributed by atoms with Gasteiger partial charge in [-0.15, -0.1) is 0 Å². The standard InChI is InChI=1S/C14H25NO2/c1-11(2)13(10-16)9-15(4)8-7-14-6-5-12(3)17-14/h5-6,11,13,16H,7-10H2,1-4H3. The summed E-state index contributed by atoms with van der Waals surface area (Å²) in [5.41, 5.74) is 0. The summed E-state index contributed by atoms with van der Waals surface area (Å²) in [6, 6.07) is 4.04. The van der Waals surface area contributed by atoms with E-state index in [1.165, 1.54) is 0 Å². The Kier molecular flexibility index (Phi) is 5.72. The van der Waals surface area contributed by atoms with Crippen LogP contribution in [-0.2, 0) is 6.42 Å². The molecule has 0 radical (unpaired) electrons. The Morgan fingerprint density at radius 1 is 1.35 bits per heavy atom. The van der Waals surface area contributed by atoms with Gasteiger partial charge in [-0.1, -0.05) is 13.8 Å². The van der Waals surface area contributed by atoms with Gasteiger partial charge in [-0.3, -0.25) is 0 Å². The van der Waals surface area contributed by atoms with Crippen LogP contribution in [0.5, 0.6) is 0 Å². The van der Waals surface area contributed by atoms with Crippen molar-refractivity contribution in [1.82, 2.24) is 4.90 Å². The van der Waals surface area contributed by atoms with Gasteiger partial charge in [-0.25, -0.2) is 0 Å². The van der Waals surface area contributed by atoms with Gasteiger partial charge >= 0.3 is 0 Å². The fraction of sp³-hybridized carbons (Fsp3) is 0.714. The Morgan fingerprint density at radius 2 is 2.06 bits per heavy atom. The Balaban J connectivity index is 2.31. The molecule has 0 aliphatic rings. The Labute approximate surface area is 104 Å². The molecule has 0 aliphatic carbocycles. The molecule has 0 bridgehead atoms. The molecule has 0 amide bonds. The maximum Gasteiger partial charge on any atom is 0.105 e. The SMILES string of the molecule is Cc1ccc(CCN(C)CC(CO)C(C)C)o1. The quantitative estimate of drug-likeness (QED) is 0.793. The Hall–Kier alpha value is -0.800. The molecule has 17 heavy (non-hydrogen) atoms. The van der Waals surface area contributed by atoms with Crippen molar-refractivity contribution < 1.29 is 9.52 Å². The second-order valence-corrected chi connectivity index (χ2v) is 5.21. The fourth-order valence-corrected chi connectivity index (χ4v) is 1.89. The van der Waals surface area contributed by atoms with Crippen LogP contribution in [0.4, 0.5) is 0 Å². The Morgan fingerprint density at radius 3 is 2.53 bits per heavy atom. The molecule has 98 valence electrons. The number of rotatable bonds is 7. The summed E-state index contributed by atoms with van der Waals surface area (Å²) in [5.74, 6) is 2.89. The number of hydrogen-bond acceptors (Lipinski definition) is 3. The fourth-order valence-electron chi connectivity index (χ4n) is 1.89. The van der Waals surface area contributed by atoms with E-state index >= 15 is 0 Å². The molecule has 1 unspecified atom stereocenters. The van der Waals surface area contributed by atoms with Gasteiger partial charge in [0.05, 0.1) is 0 Å². The molecule has 3 nitrogen and oxygen atoms in total. The average Bonchev–Trinajstić information content (AvgIpc) is 2.68. The van der Waals surface area contributed by atoms with Crippen LogP contribution in [-0.4, -0.2) is 36.8 Å². The highest BCUT2D eigenvalue weighted by atomic mass is 16.3. The molecule has 1 rings (SSSR count). The summed E-state index contributed by atoms with van der Waals surface area (Å²) in [6.45, 7) is 8.45. The van der Waals surface area contributed by atoms with Crippen molar-refractivity contribution >= 4 is 0 Å². The smallest absolute Gasteiger partial charge is 0.105 e. The van der Waals surface area contributed by atoms with E-state index in [0.29, 0.717) is 11.8 Å². The number of furan rings is 1. The number of nitrogens with zero attached hydrogens (tertiary/aromatic N) is 1. The zero-order chi connectivity index (χ0) is 12.8. The van der Waals surface area contributed by atoms with E-state index in [4.69, 9.17) is 4.42 Å². The Bertz CT molecular complexity index is 320. The zero-order valence-corrected chi connectivity index (χ0v) is 11.4. The van der Waals surface area contributed by atoms with Crippen LogP contribution in [0, 0.1) is 18.8 Å². The summed E-state index contributed by atoms with van der Waals surface area (Å²) in [5, 5.41) is 9.29. The maximum absolute atomic E-state index is 9.29. The van der Waals surface area contributed by atoms with Crippen molar-refractivity contribution in [2.75, 3.05) is 26.7 Å². The van der Waals surface area contributed by atoms with Crippen molar-refractivity contribution in [2.45, 2.75) is 27.2 Å². The first-order valence-corrected chi connectivity index (χ1v) is 6.37. The van der Waals surface area contributed by atoms with Gasteiger partial charge in [0.15, 0.2) is 0 Å². The van der Waals surface area contributed by atoms with Crippen LogP contribution in [0.1, 0.15) is 25.4 Å². The van der Waals surface area contributed by atoms with Crippen molar-refractivity contribution in [3.8, 4) is 0 Å². The van der Waals surface area contributed by atoms with Crippen LogP contribution >= 0.6 is 0 Å². The molecule has 0 saturated heterocycles. The molecular formula is C14H25NO2. The van der Waals surface area contributed by atoms with Gasteiger partial charge in [-0.05, 0) is 37.9 Å². The van der Waals surface area contributed by atoms with E-state index in [9.17, 15) is 5.11 Å². The molecule has 1 heterocycles. The molecular weight excluding hydrogens is 214 g/mol. The first-order chi connectivity index (χ1) is 8.02. The predicted molar refractivity (Wildman–Crippen MR) is 70.1 cm³/mol. The number of hydrogen-bond donors (Lipinski definition) is 1. The van der Waals surface area contributed by atoms with Crippen molar-refractivity contribution in [3.63, 3.8) is 0 Å². The highest BCUT2D eigenvalue weighted by molar-refractivity contribution is 5.05. The number of aliphatic hydroxyl groups excluding tert-OH is 1. The van der Waals surface area contributed by atoms with Crippen molar-refractivity contribution in [2.24, 2.45) is 11.8 Å². The molecule has 0 fully saturated rings. The van der Waals surface area contributed by atoms with Gasteiger partial charge < -0.3 is 14.4 Å². The molecule has 1 aromatic heterocycles. The lowest BCUT2D eigenvalue weighted by Gasteiger charge is -2.24. The number of aliphatic hydroxyl groups is 1. The monoisotopic (exact) mass is 239 g/mol. The van der Waals surface area contributed by atoms with Crippen LogP contribution in [0.25, 0.3) is 0 Å². The minimum Gasteiger partial charge on any atom is -0.466 e. The number of likely N-dealkylation sites (N-methyl/N-ethyl adjacent to an activating group) is 1. The van der Waals surface area contributed by atoms with E-state index in [1.807, 2.05) is 19.1 Å². The van der Waals surface area contributed by atoms with Gasteiger partial charge in [0.25, 0.3) is 0 Å². The van der Waals surface area contributed by atoms with Crippen molar-refractivity contribution in [3.05, 3.63) is 23.7 Å². The molecule has 1 N–H and O–H groups in total. The molecule has 3 heteroatoms. The molecule has 0 aliphatic heterocycles. The lowest BCUT2D eigenvalue weighted by molar-refractivity contribution is 0.146. The second-order valence-electron chi connectivity index (χ2n) is 5.21. The van der Waals surface area contributed by atoms with E-state index in [0.717, 1.165) is 31.0 Å². The van der Waals surface area contributed by atoms with Gasteiger partial charge in [0.1, 0.15) is 11.5 Å². The van der Waals surface area contributed by atoms with E-state index in [1.54, 1.807) is 0 Å². The summed E-state index contributed by atoms with van der Waals surface area (Å²) in [7, 11) is 2.10. The van der Waals surface area contributed by atoms with Crippen molar-refractivity contribution in [1.29, 1.82) is 0 Å². The third-order valence-electron chi connectivity index (χ3n) is 3.26. The van der Waals surface area contributed by atoms with Gasteiger partial charge in [-0.2, -0.15) is 0 Å². The number of aryl methyl sites for hydroxylation is 1. The zero-order valence-electron chi connectivity index (χ0n) is 11.4. The largest absolute Gasteiger partial charge is 0.466 e. The lowest BCUT2D eigenvalue weighted by atomic mass is 9.96. The second kappa shape index (κ2) is 6.82. The maximum atomic E-state index is 9.29. The predicted octanol–water partition coefficient (Wildman–Crippen LogP) is 2.33. The van der Waals surface area contributed by atoms with Crippen LogP contribution in [0.15, 0.2) is 16.5 Å². The summed E-state index contributed by atoms with van der Waals surface area (Å²) >= 11 is 0. The third-order valence-corrected chi connectivity index (χ3v) is 3.26. The van der Waals surface area contributed by atoms with E-state index in [-0.39, 0.29) is 6.61 Å². The molecule has 0 spiro atoms. The highest BCUT2D eigenvalue weighted by Gasteiger charge is 2.14. The molecule has 1 aromatic rings. The van der Waals surface area contributed by atoms with E-state index in [2.05, 4.69) is 25.8 Å². The van der Waals surface area contributed by atoms with Gasteiger partial charge in [0, 0.05) is 26.1 Å². The highest BCUT2D eigenvalue weighted by Crippen LogP contribution is 2.12. The normalized spacial score (nSPS) is 13.6. The lowest BCUT2D eigenvalue weighted by Crippen LogP contribution is -2.32. The molecule has 0 saturated carbocycles. The van der Waals surface area contributed by atoms with Crippen LogP contribution in [0.3, 0.4) is 0 Å². The third kappa shape index (κ3) is 4.92. The van der Waals surface area contributed by atoms with Crippen LogP contribution < -0.4 is 0 Å². The molecule has 1 atom stereocenters. The van der Waals surface area contributed by atoms with Gasteiger partial charge in [0.2, 0.25) is 0 Å². The summed E-state index contributed by atoms with van der Waals surface area (Å²) in [6.07, 6.45) is 0.931.